The summed E-state index contributed by atoms with van der Waals surface area (Å²) in [5.74, 6) is 0.0839. The van der Waals surface area contributed by atoms with Gasteiger partial charge >= 0.3 is 5.97 Å². The van der Waals surface area contributed by atoms with E-state index in [1.54, 1.807) is 0 Å². The molecule has 72 valence electrons. The summed E-state index contributed by atoms with van der Waals surface area (Å²) in [5.41, 5.74) is 0. The molecule has 0 aromatic carbocycles. The largest absolute Gasteiger partial charge is 0.464 e. The van der Waals surface area contributed by atoms with Crippen LogP contribution in [0.15, 0.2) is 0 Å². The number of rotatable bonds is 1. The number of cyclic esters (lactones) is 1. The summed E-state index contributed by atoms with van der Waals surface area (Å²) in [7, 11) is 0. The Bertz CT molecular complexity index is 239. The van der Waals surface area contributed by atoms with Crippen molar-refractivity contribution in [3.63, 3.8) is 0 Å². The number of Topliss-reactive ketones (excluding diaryl/α,β-unsaturated/α-hetero) is 1. The van der Waals surface area contributed by atoms with E-state index in [-0.39, 0.29) is 17.8 Å². The third-order valence-electron chi connectivity index (χ3n) is 2.63. The molecule has 0 radical (unpaired) electrons. The molecule has 2 aliphatic rings. The van der Waals surface area contributed by atoms with Gasteiger partial charge in [-0.3, -0.25) is 14.5 Å². The molecule has 2 aliphatic heterocycles. The van der Waals surface area contributed by atoms with Gasteiger partial charge in [0.2, 0.25) is 0 Å². The van der Waals surface area contributed by atoms with Crippen LogP contribution in [-0.4, -0.2) is 42.4 Å². The first-order valence-electron chi connectivity index (χ1n) is 4.70. The Balaban J connectivity index is 1.99. The molecule has 0 bridgehead atoms. The lowest BCUT2D eigenvalue weighted by Crippen LogP contribution is -2.45. The van der Waals surface area contributed by atoms with Gasteiger partial charge < -0.3 is 4.74 Å². The molecule has 2 saturated heterocycles. The summed E-state index contributed by atoms with van der Waals surface area (Å²) in [6, 6.07) is -0.149. The quantitative estimate of drug-likeness (QED) is 0.535. The minimum atomic E-state index is -0.158. The van der Waals surface area contributed by atoms with E-state index < -0.39 is 0 Å². The lowest BCUT2D eigenvalue weighted by molar-refractivity contribution is -0.143. The highest BCUT2D eigenvalue weighted by Crippen LogP contribution is 2.17. The Hall–Kier alpha value is -0.900. The molecule has 0 amide bonds. The van der Waals surface area contributed by atoms with Crippen LogP contribution in [0.25, 0.3) is 0 Å². The molecule has 0 spiro atoms. The first-order chi connectivity index (χ1) is 6.27. The van der Waals surface area contributed by atoms with Gasteiger partial charge in [-0.15, -0.1) is 0 Å². The third-order valence-corrected chi connectivity index (χ3v) is 2.63. The van der Waals surface area contributed by atoms with Crippen molar-refractivity contribution in [2.24, 2.45) is 0 Å². The summed E-state index contributed by atoms with van der Waals surface area (Å²) in [6.07, 6.45) is 2.28. The number of piperidine rings is 1. The fourth-order valence-corrected chi connectivity index (χ4v) is 1.95. The Morgan fingerprint density at radius 3 is 2.85 bits per heavy atom. The van der Waals surface area contributed by atoms with Crippen LogP contribution >= 0.6 is 0 Å². The minimum Gasteiger partial charge on any atom is -0.464 e. The second-order valence-electron chi connectivity index (χ2n) is 3.58. The fraction of sp³-hybridized carbons (Fsp3) is 0.778. The van der Waals surface area contributed by atoms with Crippen molar-refractivity contribution >= 4 is 11.8 Å². The van der Waals surface area contributed by atoms with Crippen LogP contribution < -0.4 is 0 Å². The van der Waals surface area contributed by atoms with Gasteiger partial charge in [0.05, 0.1) is 13.2 Å². The van der Waals surface area contributed by atoms with E-state index in [2.05, 4.69) is 0 Å². The summed E-state index contributed by atoms with van der Waals surface area (Å²) in [4.78, 5) is 24.3. The lowest BCUT2D eigenvalue weighted by atomic mass is 10.1. The van der Waals surface area contributed by atoms with Gasteiger partial charge in [0.25, 0.3) is 0 Å². The molecule has 0 saturated carbocycles. The zero-order valence-electron chi connectivity index (χ0n) is 7.49. The number of carbonyl (C=O) groups is 2. The molecule has 0 N–H and O–H groups in total. The molecule has 13 heavy (non-hydrogen) atoms. The van der Waals surface area contributed by atoms with Crippen LogP contribution in [0.3, 0.4) is 0 Å². The van der Waals surface area contributed by atoms with Crippen molar-refractivity contribution in [3.8, 4) is 0 Å². The van der Waals surface area contributed by atoms with Gasteiger partial charge in [0, 0.05) is 12.8 Å². The SMILES string of the molecule is O=C1CCCN(C2CCOC2=O)C1. The predicted octanol–water partition coefficient (Wildman–Crippen LogP) is -0.0332. The first-order valence-corrected chi connectivity index (χ1v) is 4.70. The second kappa shape index (κ2) is 3.46. The number of esters is 1. The maximum Gasteiger partial charge on any atom is 0.323 e. The van der Waals surface area contributed by atoms with Crippen molar-refractivity contribution in [3.05, 3.63) is 0 Å². The average molecular weight is 183 g/mol. The predicted molar refractivity (Wildman–Crippen MR) is 45.2 cm³/mol. The van der Waals surface area contributed by atoms with Gasteiger partial charge in [-0.1, -0.05) is 0 Å². The number of hydrogen-bond donors (Lipinski definition) is 0. The van der Waals surface area contributed by atoms with Crippen molar-refractivity contribution < 1.29 is 14.3 Å². The summed E-state index contributed by atoms with van der Waals surface area (Å²) >= 11 is 0. The van der Waals surface area contributed by atoms with Crippen molar-refractivity contribution in [2.75, 3.05) is 19.7 Å². The van der Waals surface area contributed by atoms with Gasteiger partial charge in [0.15, 0.2) is 0 Å². The molecule has 2 fully saturated rings. The molecule has 1 unspecified atom stereocenters. The molecular formula is C9H13NO3. The molecule has 1 atom stereocenters. The molecular weight excluding hydrogens is 170 g/mol. The lowest BCUT2D eigenvalue weighted by Gasteiger charge is -2.28. The number of hydrogen-bond acceptors (Lipinski definition) is 4. The number of ketones is 1. The van der Waals surface area contributed by atoms with Crippen LogP contribution in [0.5, 0.6) is 0 Å². The van der Waals surface area contributed by atoms with Gasteiger partial charge in [-0.05, 0) is 13.0 Å². The van der Waals surface area contributed by atoms with Crippen LogP contribution in [0.4, 0.5) is 0 Å². The Morgan fingerprint density at radius 1 is 1.38 bits per heavy atom. The van der Waals surface area contributed by atoms with E-state index >= 15 is 0 Å². The third kappa shape index (κ3) is 1.72. The molecule has 2 rings (SSSR count). The van der Waals surface area contributed by atoms with Crippen molar-refractivity contribution in [2.45, 2.75) is 25.3 Å². The maximum absolute atomic E-state index is 11.2. The zero-order valence-corrected chi connectivity index (χ0v) is 7.49. The van der Waals surface area contributed by atoms with Crippen LogP contribution in [0, 0.1) is 0 Å². The number of ether oxygens (including phenoxy) is 1. The van der Waals surface area contributed by atoms with E-state index in [4.69, 9.17) is 4.74 Å². The van der Waals surface area contributed by atoms with Crippen LogP contribution in [0.2, 0.25) is 0 Å². The summed E-state index contributed by atoms with van der Waals surface area (Å²) in [5, 5.41) is 0. The topological polar surface area (TPSA) is 46.6 Å². The molecule has 2 heterocycles. The maximum atomic E-state index is 11.2. The second-order valence-corrected chi connectivity index (χ2v) is 3.58. The van der Waals surface area contributed by atoms with Crippen molar-refractivity contribution in [1.82, 2.24) is 4.90 Å². The standard InChI is InChI=1S/C9H13NO3/c11-7-2-1-4-10(6-7)8-3-5-13-9(8)12/h8H,1-6H2. The van der Waals surface area contributed by atoms with Crippen LogP contribution in [-0.2, 0) is 14.3 Å². The fourth-order valence-electron chi connectivity index (χ4n) is 1.95. The highest BCUT2D eigenvalue weighted by molar-refractivity contribution is 5.83. The smallest absolute Gasteiger partial charge is 0.323 e. The van der Waals surface area contributed by atoms with Gasteiger partial charge in [0.1, 0.15) is 11.8 Å². The highest BCUT2D eigenvalue weighted by Gasteiger charge is 2.34. The van der Waals surface area contributed by atoms with E-state index in [0.717, 1.165) is 19.4 Å². The minimum absolute atomic E-state index is 0.149. The zero-order chi connectivity index (χ0) is 9.26. The number of nitrogens with zero attached hydrogens (tertiary/aromatic N) is 1. The molecule has 0 aromatic heterocycles. The van der Waals surface area contributed by atoms with E-state index in [0.29, 0.717) is 19.6 Å². The van der Waals surface area contributed by atoms with E-state index in [9.17, 15) is 9.59 Å². The monoisotopic (exact) mass is 183 g/mol. The first kappa shape index (κ1) is 8.69. The molecule has 0 aliphatic carbocycles. The normalized spacial score (nSPS) is 30.6. The number of likely N-dealkylation sites (tertiary alicyclic amines) is 1. The Labute approximate surface area is 76.8 Å². The highest BCUT2D eigenvalue weighted by atomic mass is 16.5. The summed E-state index contributed by atoms with van der Waals surface area (Å²) in [6.45, 7) is 1.79. The molecule has 0 aromatic rings. The van der Waals surface area contributed by atoms with E-state index in [1.807, 2.05) is 4.90 Å². The van der Waals surface area contributed by atoms with Gasteiger partial charge in [-0.25, -0.2) is 0 Å². The molecule has 4 nitrogen and oxygen atoms in total. The molecule has 4 heteroatoms. The Kier molecular flexibility index (Phi) is 2.31. The van der Waals surface area contributed by atoms with Crippen LogP contribution in [0.1, 0.15) is 19.3 Å². The van der Waals surface area contributed by atoms with Gasteiger partial charge in [-0.2, -0.15) is 0 Å². The summed E-state index contributed by atoms with van der Waals surface area (Å²) < 4.78 is 4.86. The van der Waals surface area contributed by atoms with Crippen molar-refractivity contribution in [1.29, 1.82) is 0 Å². The Morgan fingerprint density at radius 2 is 2.23 bits per heavy atom. The average Bonchev–Trinajstić information content (AvgIpc) is 2.51. The van der Waals surface area contributed by atoms with E-state index in [1.165, 1.54) is 0 Å². The number of carbonyl (C=O) groups excluding carboxylic acids is 2.